The minimum Gasteiger partial charge on any atom is -0.456 e. The van der Waals surface area contributed by atoms with Gasteiger partial charge in [0, 0.05) is 21.7 Å². The van der Waals surface area contributed by atoms with Crippen molar-refractivity contribution in [1.29, 1.82) is 0 Å². The maximum absolute atomic E-state index is 6.54. The van der Waals surface area contributed by atoms with Gasteiger partial charge in [-0.1, -0.05) is 152 Å². The Balaban J connectivity index is 1.10. The number of hydrogen-bond acceptors (Lipinski definition) is 2. The first-order valence-corrected chi connectivity index (χ1v) is 20.4. The smallest absolute Gasteiger partial charge is 0.136 e. The van der Waals surface area contributed by atoms with E-state index < -0.39 is 5.41 Å². The molecule has 2 heteroatoms. The summed E-state index contributed by atoms with van der Waals surface area (Å²) in [7, 11) is 0. The lowest BCUT2D eigenvalue weighted by atomic mass is 9.69. The van der Waals surface area contributed by atoms with Crippen LogP contribution in [0, 0.1) is 0 Å². The maximum Gasteiger partial charge on any atom is 0.136 e. The molecular weight excluding hydrogens is 717 g/mol. The highest BCUT2D eigenvalue weighted by atomic mass is 16.5. The zero-order valence-electron chi connectivity index (χ0n) is 31.8. The van der Waals surface area contributed by atoms with Gasteiger partial charge in [0.1, 0.15) is 22.7 Å². The molecule has 2 heterocycles. The molecule has 14 rings (SSSR count). The Morgan fingerprint density at radius 3 is 1.85 bits per heavy atom. The summed E-state index contributed by atoms with van der Waals surface area (Å²) in [5.41, 5.74) is 18.8. The van der Waals surface area contributed by atoms with Crippen molar-refractivity contribution in [3.8, 4) is 67.1 Å². The Hall–Kier alpha value is -7.68. The van der Waals surface area contributed by atoms with E-state index in [0.717, 1.165) is 50.0 Å². The number of hydrogen-bond donors (Lipinski definition) is 0. The average Bonchev–Trinajstić information content (AvgIpc) is 3.92. The van der Waals surface area contributed by atoms with Gasteiger partial charge in [0.2, 0.25) is 0 Å². The van der Waals surface area contributed by atoms with Crippen molar-refractivity contribution in [2.24, 2.45) is 0 Å². The predicted octanol–water partition coefficient (Wildman–Crippen LogP) is 15.3. The van der Waals surface area contributed by atoms with Crippen molar-refractivity contribution in [2.75, 3.05) is 0 Å². The number of furan rings is 1. The molecule has 1 aliphatic heterocycles. The fourth-order valence-corrected chi connectivity index (χ4v) is 11.1. The van der Waals surface area contributed by atoms with Gasteiger partial charge in [-0.3, -0.25) is 0 Å². The van der Waals surface area contributed by atoms with Crippen LogP contribution in [-0.4, -0.2) is 0 Å². The molecule has 2 aliphatic carbocycles. The normalized spacial score (nSPS) is 13.7. The van der Waals surface area contributed by atoms with Crippen LogP contribution in [0.3, 0.4) is 0 Å². The third kappa shape index (κ3) is 3.96. The van der Waals surface area contributed by atoms with E-state index in [1.807, 2.05) is 12.1 Å². The third-order valence-corrected chi connectivity index (χ3v) is 13.5. The van der Waals surface area contributed by atoms with Gasteiger partial charge in [0.25, 0.3) is 0 Å². The number of ether oxygens (including phenoxy) is 1. The quantitative estimate of drug-likeness (QED) is 0.176. The van der Waals surface area contributed by atoms with Crippen LogP contribution in [0.15, 0.2) is 199 Å². The summed E-state index contributed by atoms with van der Waals surface area (Å²) in [5.74, 6) is 1.80. The van der Waals surface area contributed by atoms with E-state index in [2.05, 4.69) is 182 Å². The van der Waals surface area contributed by atoms with Gasteiger partial charge >= 0.3 is 0 Å². The highest BCUT2D eigenvalue weighted by molar-refractivity contribution is 6.14. The van der Waals surface area contributed by atoms with Crippen molar-refractivity contribution in [3.05, 3.63) is 216 Å². The monoisotopic (exact) mass is 748 g/mol. The van der Waals surface area contributed by atoms with Crippen LogP contribution in [0.25, 0.3) is 99.1 Å². The Morgan fingerprint density at radius 1 is 0.322 bits per heavy atom. The molecule has 0 unspecified atom stereocenters. The van der Waals surface area contributed by atoms with Gasteiger partial charge in [-0.05, 0) is 131 Å². The fraction of sp³-hybridized carbons (Fsp3) is 0.0175. The summed E-state index contributed by atoms with van der Waals surface area (Å²) < 4.78 is 13.1. The average molecular weight is 749 g/mol. The van der Waals surface area contributed by atoms with Crippen molar-refractivity contribution >= 4 is 43.5 Å². The lowest BCUT2D eigenvalue weighted by Gasteiger charge is -2.31. The largest absolute Gasteiger partial charge is 0.456 e. The van der Waals surface area contributed by atoms with Gasteiger partial charge in [-0.2, -0.15) is 0 Å². The molecule has 3 aliphatic rings. The van der Waals surface area contributed by atoms with Crippen molar-refractivity contribution < 1.29 is 9.15 Å². The molecule has 0 saturated carbocycles. The van der Waals surface area contributed by atoms with Crippen LogP contribution in [0.1, 0.15) is 22.3 Å². The van der Waals surface area contributed by atoms with E-state index in [1.165, 1.54) is 82.9 Å². The summed E-state index contributed by atoms with van der Waals surface area (Å²) in [6.07, 6.45) is 0. The minimum atomic E-state index is -0.537. The molecule has 0 fully saturated rings. The predicted molar refractivity (Wildman–Crippen MR) is 241 cm³/mol. The molecule has 272 valence electrons. The first kappa shape index (κ1) is 31.4. The lowest BCUT2D eigenvalue weighted by Crippen LogP contribution is -2.26. The van der Waals surface area contributed by atoms with Gasteiger partial charge in [0.05, 0.1) is 5.41 Å². The summed E-state index contributed by atoms with van der Waals surface area (Å²) in [4.78, 5) is 0. The van der Waals surface area contributed by atoms with Crippen molar-refractivity contribution in [3.63, 3.8) is 0 Å². The van der Waals surface area contributed by atoms with Crippen LogP contribution in [0.5, 0.6) is 11.5 Å². The summed E-state index contributed by atoms with van der Waals surface area (Å²) in [6.45, 7) is 0. The van der Waals surface area contributed by atoms with Crippen LogP contribution in [-0.2, 0) is 5.41 Å². The zero-order chi connectivity index (χ0) is 38.4. The molecule has 0 atom stereocenters. The minimum absolute atomic E-state index is 0.537. The molecule has 2 nitrogen and oxygen atoms in total. The molecule has 0 radical (unpaired) electrons. The van der Waals surface area contributed by atoms with Gasteiger partial charge in [-0.25, -0.2) is 0 Å². The fourth-order valence-electron chi connectivity index (χ4n) is 11.1. The molecule has 0 N–H and O–H groups in total. The highest BCUT2D eigenvalue weighted by Gasteiger charge is 2.52. The first-order valence-electron chi connectivity index (χ1n) is 20.4. The van der Waals surface area contributed by atoms with E-state index >= 15 is 0 Å². The topological polar surface area (TPSA) is 22.4 Å². The van der Waals surface area contributed by atoms with E-state index in [9.17, 15) is 0 Å². The van der Waals surface area contributed by atoms with E-state index in [-0.39, 0.29) is 0 Å². The molecule has 1 spiro atoms. The number of benzene rings is 10. The second kappa shape index (κ2) is 11.2. The second-order valence-electron chi connectivity index (χ2n) is 16.2. The number of para-hydroxylation sites is 2. The summed E-state index contributed by atoms with van der Waals surface area (Å²) in [5, 5.41) is 7.09. The van der Waals surface area contributed by atoms with E-state index in [0.29, 0.717) is 0 Å². The molecule has 1 aromatic heterocycles. The van der Waals surface area contributed by atoms with Crippen LogP contribution < -0.4 is 4.74 Å². The number of fused-ring (bicyclic) bond motifs is 16. The van der Waals surface area contributed by atoms with Gasteiger partial charge in [-0.15, -0.1) is 0 Å². The zero-order valence-corrected chi connectivity index (χ0v) is 31.8. The Kier molecular flexibility index (Phi) is 5.99. The lowest BCUT2D eigenvalue weighted by molar-refractivity contribution is 0.487. The molecule has 0 bridgehead atoms. The summed E-state index contributed by atoms with van der Waals surface area (Å²) in [6, 6.07) is 71.4. The Bertz CT molecular complexity index is 3610. The van der Waals surface area contributed by atoms with E-state index in [4.69, 9.17) is 9.15 Å². The standard InChI is InChI=1S/C57H32O2/c1-2-13-37-33(12-1)31-49-56(54(37)35-25-26-42-40-16-5-9-22-50(40)59-53(42)32-35)45-27-24-34(30-48(45)57(49)46-20-7-3-14-38(46)39-15-4-8-21-47(39)57)36-28-29-52-55-43(36)18-11-19-44(55)41-17-6-10-23-51(41)58-52/h1-32H. The van der Waals surface area contributed by atoms with Crippen LogP contribution in [0.4, 0.5) is 0 Å². The molecule has 10 aromatic carbocycles. The summed E-state index contributed by atoms with van der Waals surface area (Å²) >= 11 is 0. The first-order chi connectivity index (χ1) is 29.3. The van der Waals surface area contributed by atoms with Gasteiger partial charge in [0.15, 0.2) is 0 Å². The Labute approximate surface area is 340 Å². The van der Waals surface area contributed by atoms with Crippen LogP contribution in [0.2, 0.25) is 0 Å². The van der Waals surface area contributed by atoms with Crippen LogP contribution >= 0.6 is 0 Å². The molecule has 0 saturated heterocycles. The molecular formula is C57H32O2. The Morgan fingerprint density at radius 2 is 0.983 bits per heavy atom. The van der Waals surface area contributed by atoms with Gasteiger partial charge < -0.3 is 9.15 Å². The van der Waals surface area contributed by atoms with Crippen molar-refractivity contribution in [1.82, 2.24) is 0 Å². The molecule has 0 amide bonds. The third-order valence-electron chi connectivity index (χ3n) is 13.5. The van der Waals surface area contributed by atoms with Crippen molar-refractivity contribution in [2.45, 2.75) is 5.41 Å². The van der Waals surface area contributed by atoms with E-state index in [1.54, 1.807) is 0 Å². The second-order valence-corrected chi connectivity index (χ2v) is 16.2. The SMILES string of the molecule is c1ccc2c(c1)Oc1ccc(-c3ccc4c(c3)C3(c5ccccc5-c5ccccc53)c3cc5ccccc5c(-c5ccc6c(c5)oc5ccccc56)c3-4)c3cccc-2c13. The molecule has 11 aromatic rings. The number of rotatable bonds is 2. The highest BCUT2D eigenvalue weighted by Crippen LogP contribution is 2.65. The molecule has 59 heavy (non-hydrogen) atoms. The maximum atomic E-state index is 6.54.